The van der Waals surface area contributed by atoms with Crippen LogP contribution in [0.15, 0.2) is 29.9 Å². The van der Waals surface area contributed by atoms with Gasteiger partial charge in [-0.05, 0) is 0 Å². The van der Waals surface area contributed by atoms with E-state index < -0.39 is 16.0 Å². The van der Waals surface area contributed by atoms with Crippen molar-refractivity contribution in [1.29, 1.82) is 0 Å². The summed E-state index contributed by atoms with van der Waals surface area (Å²) in [5.74, 6) is -0.479. The number of aryl methyl sites for hydroxylation is 1. The SMILES string of the molecule is COC(=O)Cn1cc(NS(=O)(=O)c2cn(C)cn2)cn1. The molecule has 0 spiro atoms. The van der Waals surface area contributed by atoms with Gasteiger partial charge in [-0.1, -0.05) is 0 Å². The van der Waals surface area contributed by atoms with Crippen LogP contribution in [-0.4, -0.2) is 40.8 Å². The van der Waals surface area contributed by atoms with Gasteiger partial charge in [-0.25, -0.2) is 4.98 Å². The summed E-state index contributed by atoms with van der Waals surface area (Å²) in [5, 5.41) is 3.75. The van der Waals surface area contributed by atoms with E-state index in [2.05, 4.69) is 19.5 Å². The molecule has 0 aliphatic carbocycles. The van der Waals surface area contributed by atoms with Gasteiger partial charge in [-0.15, -0.1) is 0 Å². The largest absolute Gasteiger partial charge is 0.468 e. The third kappa shape index (κ3) is 3.15. The van der Waals surface area contributed by atoms with Crippen molar-refractivity contribution in [2.45, 2.75) is 11.6 Å². The number of sulfonamides is 1. The number of methoxy groups -OCH3 is 1. The number of hydrogen-bond donors (Lipinski definition) is 1. The Hall–Kier alpha value is -2.36. The van der Waals surface area contributed by atoms with Crippen LogP contribution in [0.3, 0.4) is 0 Å². The van der Waals surface area contributed by atoms with Crippen molar-refractivity contribution in [3.8, 4) is 0 Å². The van der Waals surface area contributed by atoms with Crippen molar-refractivity contribution in [3.05, 3.63) is 24.9 Å². The summed E-state index contributed by atoms with van der Waals surface area (Å²) < 4.78 is 33.6. The maximum Gasteiger partial charge on any atom is 0.327 e. The highest BCUT2D eigenvalue weighted by atomic mass is 32.2. The zero-order valence-electron chi connectivity index (χ0n) is 10.8. The number of nitrogens with zero attached hydrogens (tertiary/aromatic N) is 4. The van der Waals surface area contributed by atoms with Gasteiger partial charge in [0.1, 0.15) is 6.54 Å². The highest BCUT2D eigenvalue weighted by Gasteiger charge is 2.18. The second-order valence-corrected chi connectivity index (χ2v) is 5.61. The van der Waals surface area contributed by atoms with Gasteiger partial charge < -0.3 is 9.30 Å². The number of nitrogens with one attached hydrogen (secondary N) is 1. The molecule has 0 saturated carbocycles. The van der Waals surface area contributed by atoms with Gasteiger partial charge in [0.2, 0.25) is 0 Å². The first-order valence-corrected chi connectivity index (χ1v) is 6.99. The monoisotopic (exact) mass is 299 g/mol. The van der Waals surface area contributed by atoms with Crippen LogP contribution in [0.25, 0.3) is 0 Å². The van der Waals surface area contributed by atoms with Crippen LogP contribution in [0, 0.1) is 0 Å². The number of rotatable bonds is 5. The average molecular weight is 299 g/mol. The molecule has 9 nitrogen and oxygen atoms in total. The second kappa shape index (κ2) is 5.33. The van der Waals surface area contributed by atoms with Gasteiger partial charge in [-0.3, -0.25) is 14.2 Å². The molecule has 0 aliphatic heterocycles. The fourth-order valence-corrected chi connectivity index (χ4v) is 2.45. The summed E-state index contributed by atoms with van der Waals surface area (Å²) >= 11 is 0. The quantitative estimate of drug-likeness (QED) is 0.752. The lowest BCUT2D eigenvalue weighted by Crippen LogP contribution is -2.13. The number of esters is 1. The zero-order chi connectivity index (χ0) is 14.8. The third-order valence-electron chi connectivity index (χ3n) is 2.36. The molecule has 0 aliphatic rings. The zero-order valence-corrected chi connectivity index (χ0v) is 11.7. The van der Waals surface area contributed by atoms with Gasteiger partial charge >= 0.3 is 5.97 Å². The lowest BCUT2D eigenvalue weighted by atomic mass is 10.6. The minimum Gasteiger partial charge on any atom is -0.468 e. The third-order valence-corrected chi connectivity index (χ3v) is 3.63. The summed E-state index contributed by atoms with van der Waals surface area (Å²) in [6, 6.07) is 0. The van der Waals surface area contributed by atoms with Crippen LogP contribution >= 0.6 is 0 Å². The number of carbonyl (C=O) groups excluding carboxylic acids is 1. The van der Waals surface area contributed by atoms with Gasteiger partial charge in [0.05, 0.1) is 25.3 Å². The Labute approximate surface area is 115 Å². The van der Waals surface area contributed by atoms with E-state index in [4.69, 9.17) is 0 Å². The predicted octanol–water partition coefficient (Wildman–Crippen LogP) is -0.410. The molecule has 2 rings (SSSR count). The van der Waals surface area contributed by atoms with Crippen LogP contribution in [0.4, 0.5) is 5.69 Å². The number of aromatic nitrogens is 4. The fourth-order valence-electron chi connectivity index (χ4n) is 1.43. The molecule has 2 aromatic rings. The van der Waals surface area contributed by atoms with E-state index in [0.29, 0.717) is 0 Å². The Balaban J connectivity index is 2.12. The van der Waals surface area contributed by atoms with E-state index in [1.807, 2.05) is 0 Å². The standard InChI is InChI=1S/C10H13N5O4S/c1-14-5-9(11-7-14)20(17,18)13-8-3-12-15(4-8)6-10(16)19-2/h3-5,7,13H,6H2,1-2H3. The molecule has 2 heterocycles. The van der Waals surface area contributed by atoms with Gasteiger partial charge in [0.25, 0.3) is 10.0 Å². The van der Waals surface area contributed by atoms with Crippen LogP contribution < -0.4 is 4.72 Å². The average Bonchev–Trinajstić information content (AvgIpc) is 2.98. The summed E-state index contributed by atoms with van der Waals surface area (Å²) in [5.41, 5.74) is 0.236. The first kappa shape index (κ1) is 14.1. The first-order chi connectivity index (χ1) is 9.40. The highest BCUT2D eigenvalue weighted by molar-refractivity contribution is 7.92. The van der Waals surface area contributed by atoms with E-state index in [1.165, 1.54) is 41.3 Å². The first-order valence-electron chi connectivity index (χ1n) is 5.51. The number of anilines is 1. The van der Waals surface area contributed by atoms with Crippen LogP contribution in [0.1, 0.15) is 0 Å². The minimum atomic E-state index is -3.76. The molecule has 0 fully saturated rings. The molecule has 1 N–H and O–H groups in total. The Morgan fingerprint density at radius 1 is 1.45 bits per heavy atom. The number of imidazole rings is 1. The lowest BCUT2D eigenvalue weighted by molar-refractivity contribution is -0.141. The minimum absolute atomic E-state index is 0.0954. The number of carbonyl (C=O) groups is 1. The molecule has 0 radical (unpaired) electrons. The van der Waals surface area contributed by atoms with Gasteiger partial charge in [0, 0.05) is 19.4 Å². The molecule has 10 heteroatoms. The molecule has 0 aromatic carbocycles. The molecular weight excluding hydrogens is 286 g/mol. The van der Waals surface area contributed by atoms with Crippen molar-refractivity contribution < 1.29 is 17.9 Å². The smallest absolute Gasteiger partial charge is 0.327 e. The maximum atomic E-state index is 12.0. The summed E-state index contributed by atoms with van der Waals surface area (Å²) in [6.07, 6.45) is 5.44. The second-order valence-electron chi connectivity index (χ2n) is 3.99. The number of hydrogen-bond acceptors (Lipinski definition) is 6. The molecule has 108 valence electrons. The molecule has 0 unspecified atom stereocenters. The Kier molecular flexibility index (Phi) is 3.74. The molecular formula is C10H13N5O4S. The van der Waals surface area contributed by atoms with E-state index >= 15 is 0 Å². The van der Waals surface area contributed by atoms with Gasteiger partial charge in [-0.2, -0.15) is 13.5 Å². The van der Waals surface area contributed by atoms with Crippen molar-refractivity contribution in [2.24, 2.45) is 7.05 Å². The van der Waals surface area contributed by atoms with Gasteiger partial charge in [0.15, 0.2) is 5.03 Å². The predicted molar refractivity (Wildman–Crippen MR) is 68.3 cm³/mol. The Morgan fingerprint density at radius 2 is 2.20 bits per heavy atom. The Bertz CT molecular complexity index is 718. The molecule has 20 heavy (non-hydrogen) atoms. The summed E-state index contributed by atoms with van der Waals surface area (Å²) in [6.45, 7) is -0.0954. The molecule has 0 bridgehead atoms. The fraction of sp³-hybridized carbons (Fsp3) is 0.300. The molecule has 0 amide bonds. The van der Waals surface area contributed by atoms with Crippen molar-refractivity contribution >= 4 is 21.7 Å². The van der Waals surface area contributed by atoms with E-state index in [9.17, 15) is 13.2 Å². The highest BCUT2D eigenvalue weighted by Crippen LogP contribution is 2.13. The van der Waals surface area contributed by atoms with E-state index in [0.717, 1.165) is 0 Å². The summed E-state index contributed by atoms with van der Waals surface area (Å²) in [4.78, 5) is 14.8. The Morgan fingerprint density at radius 3 is 2.80 bits per heavy atom. The van der Waals surface area contributed by atoms with Crippen LogP contribution in [-0.2, 0) is 33.1 Å². The van der Waals surface area contributed by atoms with Crippen molar-refractivity contribution in [1.82, 2.24) is 19.3 Å². The van der Waals surface area contributed by atoms with Crippen molar-refractivity contribution in [3.63, 3.8) is 0 Å². The normalized spacial score (nSPS) is 11.3. The van der Waals surface area contributed by atoms with Crippen LogP contribution in [0.5, 0.6) is 0 Å². The van der Waals surface area contributed by atoms with E-state index in [1.54, 1.807) is 7.05 Å². The topological polar surface area (TPSA) is 108 Å². The van der Waals surface area contributed by atoms with Crippen LogP contribution in [0.2, 0.25) is 0 Å². The van der Waals surface area contributed by atoms with E-state index in [-0.39, 0.29) is 17.3 Å². The lowest BCUT2D eigenvalue weighted by Gasteiger charge is -2.02. The molecule has 0 saturated heterocycles. The summed E-state index contributed by atoms with van der Waals surface area (Å²) in [7, 11) is -0.837. The van der Waals surface area contributed by atoms with Crippen molar-refractivity contribution in [2.75, 3.05) is 11.8 Å². The number of ether oxygens (including phenoxy) is 1. The molecule has 2 aromatic heterocycles. The molecule has 0 atom stereocenters. The maximum absolute atomic E-state index is 12.0.